The molecule has 11 heteroatoms. The van der Waals surface area contributed by atoms with Crippen LogP contribution in [0.2, 0.25) is 0 Å². The smallest absolute Gasteiger partial charge is 0.301 e. The fraction of sp³-hybridized carbons (Fsp3) is 0.286. The zero-order valence-electron chi connectivity index (χ0n) is 20.9. The Morgan fingerprint density at radius 3 is 2.46 bits per heavy atom. The molecular formula is C28H25F3N6OS. The molecule has 1 aliphatic heterocycles. The summed E-state index contributed by atoms with van der Waals surface area (Å²) in [6.45, 7) is 4.28. The Kier molecular flexibility index (Phi) is 6.78. The van der Waals surface area contributed by atoms with Gasteiger partial charge < -0.3 is 4.90 Å². The highest BCUT2D eigenvalue weighted by molar-refractivity contribution is 7.16. The molecule has 1 fully saturated rings. The summed E-state index contributed by atoms with van der Waals surface area (Å²) >= 11 is 0.935. The summed E-state index contributed by atoms with van der Waals surface area (Å²) in [5.41, 5.74) is 2.81. The summed E-state index contributed by atoms with van der Waals surface area (Å²) in [5, 5.41) is 4.47. The van der Waals surface area contributed by atoms with Crippen LogP contribution < -0.4 is 4.87 Å². The molecule has 200 valence electrons. The summed E-state index contributed by atoms with van der Waals surface area (Å²) in [6, 6.07) is 10.8. The average molecular weight is 551 g/mol. The van der Waals surface area contributed by atoms with E-state index in [1.807, 2.05) is 41.3 Å². The number of aromatic nitrogens is 5. The third-order valence-corrected chi connectivity index (χ3v) is 7.94. The maximum absolute atomic E-state index is 13.2. The van der Waals surface area contributed by atoms with Crippen LogP contribution >= 0.6 is 11.3 Å². The highest BCUT2D eigenvalue weighted by Crippen LogP contribution is 2.32. The van der Waals surface area contributed by atoms with E-state index in [2.05, 4.69) is 20.0 Å². The van der Waals surface area contributed by atoms with Gasteiger partial charge in [0, 0.05) is 41.8 Å². The number of nitrogens with zero attached hydrogens (tertiary/aromatic N) is 6. The molecule has 0 bridgehead atoms. The highest BCUT2D eigenvalue weighted by Gasteiger charge is 2.31. The van der Waals surface area contributed by atoms with Crippen LogP contribution in [0, 0.1) is 0 Å². The van der Waals surface area contributed by atoms with Gasteiger partial charge in [-0.25, -0.2) is 9.97 Å². The fourth-order valence-electron chi connectivity index (χ4n) is 4.89. The van der Waals surface area contributed by atoms with Crippen molar-refractivity contribution in [1.29, 1.82) is 0 Å². The number of fused-ring (bicyclic) bond motifs is 1. The van der Waals surface area contributed by atoms with Gasteiger partial charge in [0.25, 0.3) is 0 Å². The van der Waals surface area contributed by atoms with E-state index >= 15 is 0 Å². The SMILES string of the molecule is O=c1sc2ccc(C(F)(F)F)cc2n1Cc1cccc(-c2ncc(-c3cnn(CCN4CCCC4)c3)cn2)c1. The van der Waals surface area contributed by atoms with Crippen molar-refractivity contribution in [1.82, 2.24) is 29.2 Å². The van der Waals surface area contributed by atoms with Crippen LogP contribution in [0.3, 0.4) is 0 Å². The molecule has 0 radical (unpaired) electrons. The first-order valence-corrected chi connectivity index (χ1v) is 13.5. The number of benzene rings is 2. The first-order valence-electron chi connectivity index (χ1n) is 12.7. The van der Waals surface area contributed by atoms with Gasteiger partial charge in [-0.15, -0.1) is 0 Å². The summed E-state index contributed by atoms with van der Waals surface area (Å²) < 4.78 is 43.6. The molecule has 0 aliphatic carbocycles. The molecule has 7 nitrogen and oxygen atoms in total. The van der Waals surface area contributed by atoms with Crippen LogP contribution in [0.4, 0.5) is 13.2 Å². The van der Waals surface area contributed by atoms with E-state index in [-0.39, 0.29) is 16.9 Å². The molecule has 39 heavy (non-hydrogen) atoms. The van der Waals surface area contributed by atoms with Crippen molar-refractivity contribution in [2.75, 3.05) is 19.6 Å². The maximum atomic E-state index is 13.2. The summed E-state index contributed by atoms with van der Waals surface area (Å²) in [5.74, 6) is 0.518. The van der Waals surface area contributed by atoms with Gasteiger partial charge in [0.1, 0.15) is 0 Å². The molecule has 4 heterocycles. The van der Waals surface area contributed by atoms with Crippen LogP contribution in [-0.2, 0) is 19.3 Å². The maximum Gasteiger partial charge on any atom is 0.416 e. The van der Waals surface area contributed by atoms with E-state index in [0.717, 1.165) is 71.9 Å². The Morgan fingerprint density at radius 1 is 0.897 bits per heavy atom. The zero-order chi connectivity index (χ0) is 27.0. The van der Waals surface area contributed by atoms with E-state index in [1.165, 1.54) is 23.5 Å². The van der Waals surface area contributed by atoms with E-state index in [9.17, 15) is 18.0 Å². The largest absolute Gasteiger partial charge is 0.416 e. The molecule has 5 aromatic rings. The molecule has 1 aliphatic rings. The Balaban J connectivity index is 1.19. The number of hydrogen-bond acceptors (Lipinski definition) is 6. The van der Waals surface area contributed by atoms with Crippen LogP contribution in [-0.4, -0.2) is 48.8 Å². The summed E-state index contributed by atoms with van der Waals surface area (Å²) in [4.78, 5) is 23.8. The van der Waals surface area contributed by atoms with Gasteiger partial charge in [0.2, 0.25) is 0 Å². The van der Waals surface area contributed by atoms with Crippen LogP contribution in [0.5, 0.6) is 0 Å². The zero-order valence-corrected chi connectivity index (χ0v) is 21.8. The van der Waals surface area contributed by atoms with Gasteiger partial charge >= 0.3 is 11.0 Å². The monoisotopic (exact) mass is 550 g/mol. The summed E-state index contributed by atoms with van der Waals surface area (Å²) in [6.07, 6.45) is 5.38. The van der Waals surface area contributed by atoms with Crippen LogP contribution in [0.15, 0.2) is 72.0 Å². The van der Waals surface area contributed by atoms with Crippen molar-refractivity contribution in [2.24, 2.45) is 0 Å². The lowest BCUT2D eigenvalue weighted by atomic mass is 10.1. The molecule has 0 amide bonds. The normalized spacial score (nSPS) is 14.4. The number of likely N-dealkylation sites (tertiary alicyclic amines) is 1. The predicted molar refractivity (Wildman–Crippen MR) is 145 cm³/mol. The Hall–Kier alpha value is -3.83. The van der Waals surface area contributed by atoms with E-state index < -0.39 is 11.7 Å². The first kappa shape index (κ1) is 25.4. The minimum Gasteiger partial charge on any atom is -0.301 e. The van der Waals surface area contributed by atoms with Crippen molar-refractivity contribution < 1.29 is 13.2 Å². The second-order valence-corrected chi connectivity index (χ2v) is 10.7. The van der Waals surface area contributed by atoms with Crippen molar-refractivity contribution in [3.8, 4) is 22.5 Å². The minimum absolute atomic E-state index is 0.142. The van der Waals surface area contributed by atoms with Gasteiger partial charge in [-0.3, -0.25) is 14.0 Å². The van der Waals surface area contributed by atoms with E-state index in [0.29, 0.717) is 10.5 Å². The average Bonchev–Trinajstić information content (AvgIpc) is 3.68. The van der Waals surface area contributed by atoms with E-state index in [4.69, 9.17) is 0 Å². The predicted octanol–water partition coefficient (Wildman–Crippen LogP) is 5.55. The van der Waals surface area contributed by atoms with Crippen LogP contribution in [0.1, 0.15) is 24.0 Å². The van der Waals surface area contributed by atoms with Crippen molar-refractivity contribution in [3.05, 3.63) is 88.0 Å². The first-order chi connectivity index (χ1) is 18.8. The quantitative estimate of drug-likeness (QED) is 0.266. The molecular weight excluding hydrogens is 525 g/mol. The highest BCUT2D eigenvalue weighted by atomic mass is 32.1. The Labute approximate surface area is 226 Å². The lowest BCUT2D eigenvalue weighted by molar-refractivity contribution is -0.137. The van der Waals surface area contributed by atoms with Gasteiger partial charge in [0.15, 0.2) is 5.82 Å². The topological polar surface area (TPSA) is 68.8 Å². The third-order valence-electron chi connectivity index (χ3n) is 6.98. The van der Waals surface area contributed by atoms with Gasteiger partial charge in [-0.2, -0.15) is 18.3 Å². The number of alkyl halides is 3. The molecule has 0 unspecified atom stereocenters. The van der Waals surface area contributed by atoms with Crippen molar-refractivity contribution in [3.63, 3.8) is 0 Å². The lowest BCUT2D eigenvalue weighted by Crippen LogP contribution is -2.24. The van der Waals surface area contributed by atoms with Gasteiger partial charge in [0.05, 0.1) is 35.1 Å². The number of hydrogen-bond donors (Lipinski definition) is 0. The second kappa shape index (κ2) is 10.4. The summed E-state index contributed by atoms with van der Waals surface area (Å²) in [7, 11) is 0. The third kappa shape index (κ3) is 5.50. The Bertz CT molecular complexity index is 1670. The van der Waals surface area contributed by atoms with Crippen molar-refractivity contribution in [2.45, 2.75) is 32.1 Å². The molecule has 2 aromatic carbocycles. The number of halogens is 3. The number of rotatable bonds is 7. The number of thiazole rings is 1. The van der Waals surface area contributed by atoms with Crippen LogP contribution in [0.25, 0.3) is 32.7 Å². The molecule has 3 aromatic heterocycles. The standard InChI is InChI=1S/C28H25F3N6OS/c29-28(30,31)23-6-7-25-24(13-23)37(27(38)39-25)17-19-4-3-5-20(12-19)26-32-14-21(15-33-26)22-16-34-36(18-22)11-10-35-8-1-2-9-35/h3-7,12-16,18H,1-2,8-11,17H2. The fourth-order valence-corrected chi connectivity index (χ4v) is 5.76. The second-order valence-electron chi connectivity index (χ2n) is 9.67. The van der Waals surface area contributed by atoms with Crippen molar-refractivity contribution >= 4 is 21.6 Å². The molecule has 0 spiro atoms. The molecule has 0 atom stereocenters. The minimum atomic E-state index is -4.48. The lowest BCUT2D eigenvalue weighted by Gasteiger charge is -2.13. The van der Waals surface area contributed by atoms with Gasteiger partial charge in [-0.05, 0) is 55.8 Å². The molecule has 0 saturated carbocycles. The van der Waals surface area contributed by atoms with Gasteiger partial charge in [-0.1, -0.05) is 29.5 Å². The van der Waals surface area contributed by atoms with E-state index in [1.54, 1.807) is 12.4 Å². The molecule has 1 saturated heterocycles. The molecule has 0 N–H and O–H groups in total. The Morgan fingerprint density at radius 2 is 1.69 bits per heavy atom. The molecule has 6 rings (SSSR count).